The van der Waals surface area contributed by atoms with Crippen molar-refractivity contribution in [2.24, 2.45) is 10.9 Å². The highest BCUT2D eigenvalue weighted by Crippen LogP contribution is 2.42. The number of fused-ring (bicyclic) bond motifs is 4. The molecule has 3 aliphatic heterocycles. The molecule has 27 heavy (non-hydrogen) atoms. The van der Waals surface area contributed by atoms with Crippen LogP contribution in [0.2, 0.25) is 0 Å². The van der Waals surface area contributed by atoms with Crippen molar-refractivity contribution in [2.45, 2.75) is 19.3 Å². The standard InChI is InChI=1S/C22H26N4O/c27-22(24-8-3-11-26-9-1-2-10-26)15-4-6-17-20(12-15)25-19-7-5-16-13-23-14-18(16)21(17)19/h4-7,12,16,23H,1-3,8-11,13-14H2,(H,24,27). The smallest absolute Gasteiger partial charge is 0.251 e. The Kier molecular flexibility index (Phi) is 4.42. The van der Waals surface area contributed by atoms with Gasteiger partial charge in [0.1, 0.15) is 0 Å². The van der Waals surface area contributed by atoms with Gasteiger partial charge in [-0.1, -0.05) is 12.1 Å². The van der Waals surface area contributed by atoms with Gasteiger partial charge in [0.15, 0.2) is 0 Å². The van der Waals surface area contributed by atoms with Crippen LogP contribution in [0.15, 0.2) is 40.9 Å². The first kappa shape index (κ1) is 16.9. The number of hydrogen-bond acceptors (Lipinski definition) is 4. The van der Waals surface area contributed by atoms with Gasteiger partial charge in [0.2, 0.25) is 0 Å². The van der Waals surface area contributed by atoms with Gasteiger partial charge >= 0.3 is 0 Å². The molecule has 0 spiro atoms. The molecule has 3 heterocycles. The van der Waals surface area contributed by atoms with E-state index in [-0.39, 0.29) is 5.91 Å². The van der Waals surface area contributed by atoms with Crippen LogP contribution in [0.4, 0.5) is 5.69 Å². The summed E-state index contributed by atoms with van der Waals surface area (Å²) >= 11 is 0. The zero-order valence-electron chi connectivity index (χ0n) is 15.6. The number of hydrogen-bond donors (Lipinski definition) is 2. The van der Waals surface area contributed by atoms with Gasteiger partial charge in [-0.25, -0.2) is 4.99 Å². The molecule has 1 unspecified atom stereocenters. The van der Waals surface area contributed by atoms with E-state index >= 15 is 0 Å². The highest BCUT2D eigenvalue weighted by atomic mass is 16.1. The van der Waals surface area contributed by atoms with Gasteiger partial charge in [0.25, 0.3) is 5.91 Å². The van der Waals surface area contributed by atoms with Crippen LogP contribution in [0.5, 0.6) is 0 Å². The minimum absolute atomic E-state index is 0.00268. The first-order valence-corrected chi connectivity index (χ1v) is 10.2. The highest BCUT2D eigenvalue weighted by Gasteiger charge is 2.31. The van der Waals surface area contributed by atoms with Crippen LogP contribution in [0.1, 0.15) is 35.2 Å². The third-order valence-corrected chi connectivity index (χ3v) is 6.10. The molecular weight excluding hydrogens is 336 g/mol. The fourth-order valence-electron chi connectivity index (χ4n) is 4.65. The SMILES string of the molecule is O=C(NCCCN1CCCC1)c1ccc2c(c1)N=C1C=CC3CNCC3=C12. The Hall–Kier alpha value is -2.24. The fourth-order valence-corrected chi connectivity index (χ4v) is 4.65. The third-order valence-electron chi connectivity index (χ3n) is 6.10. The summed E-state index contributed by atoms with van der Waals surface area (Å²) in [6.45, 7) is 6.17. The average Bonchev–Trinajstić information content (AvgIpc) is 3.42. The summed E-state index contributed by atoms with van der Waals surface area (Å²) in [4.78, 5) is 19.8. The van der Waals surface area contributed by atoms with Crippen molar-refractivity contribution >= 4 is 22.9 Å². The van der Waals surface area contributed by atoms with Crippen molar-refractivity contribution in [1.82, 2.24) is 15.5 Å². The number of allylic oxidation sites excluding steroid dienone is 2. The van der Waals surface area contributed by atoms with Crippen molar-refractivity contribution in [3.05, 3.63) is 47.1 Å². The van der Waals surface area contributed by atoms with Crippen LogP contribution in [0, 0.1) is 5.92 Å². The van der Waals surface area contributed by atoms with Crippen molar-refractivity contribution in [2.75, 3.05) is 39.3 Å². The lowest BCUT2D eigenvalue weighted by atomic mass is 9.86. The number of nitrogens with one attached hydrogen (secondary N) is 2. The molecule has 1 aromatic rings. The average molecular weight is 362 g/mol. The van der Waals surface area contributed by atoms with Crippen LogP contribution in [0.3, 0.4) is 0 Å². The summed E-state index contributed by atoms with van der Waals surface area (Å²) in [6.07, 6.45) is 8.02. The number of aliphatic imine (C=N–C) groups is 1. The summed E-state index contributed by atoms with van der Waals surface area (Å²) in [5.41, 5.74) is 6.56. The van der Waals surface area contributed by atoms with Crippen LogP contribution in [0.25, 0.3) is 5.57 Å². The van der Waals surface area contributed by atoms with Crippen LogP contribution >= 0.6 is 0 Å². The molecule has 5 nitrogen and oxygen atoms in total. The van der Waals surface area contributed by atoms with E-state index in [2.05, 4.69) is 33.8 Å². The lowest BCUT2D eigenvalue weighted by Gasteiger charge is -2.16. The van der Waals surface area contributed by atoms with E-state index in [9.17, 15) is 4.79 Å². The molecule has 1 aliphatic carbocycles. The molecule has 1 aromatic carbocycles. The predicted octanol–water partition coefficient (Wildman–Crippen LogP) is 2.53. The molecular formula is C22H26N4O. The second kappa shape index (κ2) is 7.06. The zero-order valence-corrected chi connectivity index (χ0v) is 15.6. The molecule has 2 saturated heterocycles. The highest BCUT2D eigenvalue weighted by molar-refractivity contribution is 6.35. The monoisotopic (exact) mass is 362 g/mol. The van der Waals surface area contributed by atoms with E-state index in [0.29, 0.717) is 11.5 Å². The number of carbonyl (C=O) groups excluding carboxylic acids is 1. The van der Waals surface area contributed by atoms with Crippen LogP contribution in [-0.4, -0.2) is 55.8 Å². The van der Waals surface area contributed by atoms with E-state index in [1.54, 1.807) is 0 Å². The largest absolute Gasteiger partial charge is 0.352 e. The van der Waals surface area contributed by atoms with Gasteiger partial charge in [-0.15, -0.1) is 0 Å². The number of carbonyl (C=O) groups is 1. The maximum Gasteiger partial charge on any atom is 0.251 e. The Bertz CT molecular complexity index is 861. The fraction of sp³-hybridized carbons (Fsp3) is 0.455. The number of rotatable bonds is 5. The predicted molar refractivity (Wildman–Crippen MR) is 109 cm³/mol. The minimum Gasteiger partial charge on any atom is -0.352 e. The summed E-state index contributed by atoms with van der Waals surface area (Å²) in [5, 5.41) is 6.52. The van der Waals surface area contributed by atoms with Crippen molar-refractivity contribution < 1.29 is 4.79 Å². The number of likely N-dealkylation sites (tertiary alicyclic amines) is 1. The summed E-state index contributed by atoms with van der Waals surface area (Å²) in [7, 11) is 0. The molecule has 2 fully saturated rings. The molecule has 0 radical (unpaired) electrons. The third kappa shape index (κ3) is 3.15. The number of amides is 1. The van der Waals surface area contributed by atoms with Gasteiger partial charge in [-0.05, 0) is 62.7 Å². The first-order chi connectivity index (χ1) is 13.3. The quantitative estimate of drug-likeness (QED) is 0.792. The number of nitrogens with zero attached hydrogens (tertiary/aromatic N) is 2. The normalized spacial score (nSPS) is 23.3. The Morgan fingerprint density at radius 3 is 3.07 bits per heavy atom. The van der Waals surface area contributed by atoms with E-state index in [0.717, 1.165) is 44.0 Å². The second-order valence-corrected chi connectivity index (χ2v) is 7.88. The zero-order chi connectivity index (χ0) is 18.2. The van der Waals surface area contributed by atoms with Gasteiger partial charge in [-0.2, -0.15) is 0 Å². The van der Waals surface area contributed by atoms with Crippen molar-refractivity contribution in [1.29, 1.82) is 0 Å². The molecule has 0 aromatic heterocycles. The number of benzene rings is 1. The molecule has 1 atom stereocenters. The summed E-state index contributed by atoms with van der Waals surface area (Å²) < 4.78 is 0. The van der Waals surface area contributed by atoms with E-state index < -0.39 is 0 Å². The van der Waals surface area contributed by atoms with Gasteiger partial charge < -0.3 is 15.5 Å². The maximum atomic E-state index is 12.5. The van der Waals surface area contributed by atoms with Gasteiger partial charge in [-0.3, -0.25) is 4.79 Å². The summed E-state index contributed by atoms with van der Waals surface area (Å²) in [5.74, 6) is 0.492. The Morgan fingerprint density at radius 1 is 1.30 bits per heavy atom. The second-order valence-electron chi connectivity index (χ2n) is 7.88. The molecule has 4 aliphatic rings. The lowest BCUT2D eigenvalue weighted by molar-refractivity contribution is 0.0952. The summed E-state index contributed by atoms with van der Waals surface area (Å²) in [6, 6.07) is 5.95. The van der Waals surface area contributed by atoms with Crippen molar-refractivity contribution in [3.8, 4) is 0 Å². The van der Waals surface area contributed by atoms with Crippen LogP contribution in [-0.2, 0) is 0 Å². The molecule has 140 valence electrons. The Labute approximate surface area is 160 Å². The molecule has 2 N–H and O–H groups in total. The molecule has 5 heteroatoms. The molecule has 1 amide bonds. The maximum absolute atomic E-state index is 12.5. The minimum atomic E-state index is 0.00268. The molecule has 0 bridgehead atoms. The topological polar surface area (TPSA) is 56.7 Å². The van der Waals surface area contributed by atoms with E-state index in [1.165, 1.54) is 42.6 Å². The molecule has 0 saturated carbocycles. The van der Waals surface area contributed by atoms with Gasteiger partial charge in [0.05, 0.1) is 11.4 Å². The Balaban J connectivity index is 1.26. The van der Waals surface area contributed by atoms with Crippen molar-refractivity contribution in [3.63, 3.8) is 0 Å². The molecule has 5 rings (SSSR count). The van der Waals surface area contributed by atoms with Gasteiger partial charge in [0, 0.05) is 42.3 Å². The first-order valence-electron chi connectivity index (χ1n) is 10.2. The Morgan fingerprint density at radius 2 is 2.19 bits per heavy atom. The van der Waals surface area contributed by atoms with E-state index in [4.69, 9.17) is 4.99 Å². The van der Waals surface area contributed by atoms with E-state index in [1.807, 2.05) is 12.1 Å². The lowest BCUT2D eigenvalue weighted by Crippen LogP contribution is -2.28. The van der Waals surface area contributed by atoms with Crippen LogP contribution < -0.4 is 10.6 Å².